The molecule has 0 saturated heterocycles. The molecule has 0 aliphatic heterocycles. The minimum absolute atomic E-state index is 0.0957. The van der Waals surface area contributed by atoms with Gasteiger partial charge in [0, 0.05) is 0 Å². The zero-order valence-electron chi connectivity index (χ0n) is 9.53. The number of phenolic OH excluding ortho intramolecular Hbond substituents is 2. The first-order valence-electron chi connectivity index (χ1n) is 5.51. The van der Waals surface area contributed by atoms with Crippen molar-refractivity contribution in [3.05, 3.63) is 57.6 Å². The molecular weight excluding hydrogens is 271 g/mol. The van der Waals surface area contributed by atoms with Gasteiger partial charge in [0.1, 0.15) is 0 Å². The molecule has 0 atom stereocenters. The monoisotopic (exact) mass is 282 g/mol. The minimum atomic E-state index is -0.103. The molecule has 2 nitrogen and oxygen atoms in total. The summed E-state index contributed by atoms with van der Waals surface area (Å²) in [5.74, 6) is -0.199. The van der Waals surface area contributed by atoms with E-state index in [0.29, 0.717) is 10.0 Å². The van der Waals surface area contributed by atoms with E-state index in [0.717, 1.165) is 24.0 Å². The predicted molar refractivity (Wildman–Crippen MR) is 73.6 cm³/mol. The molecule has 18 heavy (non-hydrogen) atoms. The molecule has 0 aliphatic rings. The molecule has 2 rings (SSSR count). The van der Waals surface area contributed by atoms with Gasteiger partial charge in [-0.2, -0.15) is 0 Å². The van der Waals surface area contributed by atoms with Crippen LogP contribution in [-0.4, -0.2) is 10.2 Å². The molecule has 0 amide bonds. The molecule has 0 saturated carbocycles. The van der Waals surface area contributed by atoms with Crippen LogP contribution in [0.5, 0.6) is 11.5 Å². The number of hydrogen-bond acceptors (Lipinski definition) is 2. The van der Waals surface area contributed by atoms with E-state index in [1.165, 1.54) is 6.07 Å². The number of aromatic hydroxyl groups is 2. The summed E-state index contributed by atoms with van der Waals surface area (Å²) in [6.45, 7) is 0. The Hall–Kier alpha value is -1.38. The highest BCUT2D eigenvalue weighted by Gasteiger charge is 2.03. The third-order valence-corrected chi connectivity index (χ3v) is 3.47. The SMILES string of the molecule is Oc1ccc(CCc2ccc(Cl)c(Cl)c2)cc1O. The van der Waals surface area contributed by atoms with E-state index in [1.54, 1.807) is 18.2 Å². The summed E-state index contributed by atoms with van der Waals surface area (Å²) >= 11 is 11.8. The van der Waals surface area contributed by atoms with Gasteiger partial charge in [0.2, 0.25) is 0 Å². The van der Waals surface area contributed by atoms with E-state index in [4.69, 9.17) is 23.2 Å². The highest BCUT2D eigenvalue weighted by atomic mass is 35.5. The van der Waals surface area contributed by atoms with E-state index < -0.39 is 0 Å². The largest absolute Gasteiger partial charge is 0.504 e. The van der Waals surface area contributed by atoms with Gasteiger partial charge >= 0.3 is 0 Å². The second kappa shape index (κ2) is 5.51. The van der Waals surface area contributed by atoms with Crippen molar-refractivity contribution >= 4 is 23.2 Å². The number of phenols is 2. The number of halogens is 2. The van der Waals surface area contributed by atoms with E-state index in [-0.39, 0.29) is 11.5 Å². The van der Waals surface area contributed by atoms with Crippen LogP contribution in [0.2, 0.25) is 10.0 Å². The lowest BCUT2D eigenvalue weighted by Gasteiger charge is -2.05. The lowest BCUT2D eigenvalue weighted by Crippen LogP contribution is -1.91. The van der Waals surface area contributed by atoms with Crippen LogP contribution < -0.4 is 0 Å². The summed E-state index contributed by atoms with van der Waals surface area (Å²) in [5.41, 5.74) is 2.04. The fraction of sp³-hybridized carbons (Fsp3) is 0.143. The van der Waals surface area contributed by atoms with Gasteiger partial charge in [-0.25, -0.2) is 0 Å². The summed E-state index contributed by atoms with van der Waals surface area (Å²) in [7, 11) is 0. The van der Waals surface area contributed by atoms with E-state index in [9.17, 15) is 10.2 Å². The maximum absolute atomic E-state index is 9.39. The van der Waals surface area contributed by atoms with Crippen molar-refractivity contribution in [1.82, 2.24) is 0 Å². The van der Waals surface area contributed by atoms with Crippen molar-refractivity contribution in [2.75, 3.05) is 0 Å². The Kier molecular flexibility index (Phi) is 4.00. The Labute approximate surface area is 115 Å². The molecule has 0 bridgehead atoms. The molecule has 94 valence electrons. The smallest absolute Gasteiger partial charge is 0.157 e. The Morgan fingerprint density at radius 1 is 0.722 bits per heavy atom. The Morgan fingerprint density at radius 2 is 1.33 bits per heavy atom. The molecule has 0 fully saturated rings. The van der Waals surface area contributed by atoms with Gasteiger partial charge in [-0.3, -0.25) is 0 Å². The molecule has 0 aliphatic carbocycles. The predicted octanol–water partition coefficient (Wildman–Crippen LogP) is 4.19. The quantitative estimate of drug-likeness (QED) is 0.829. The standard InChI is InChI=1S/C14H12Cl2O2/c15-11-5-3-9(7-12(11)16)1-2-10-4-6-13(17)14(18)8-10/h3-8,17-18H,1-2H2. The van der Waals surface area contributed by atoms with Crippen LogP contribution in [0.25, 0.3) is 0 Å². The van der Waals surface area contributed by atoms with Crippen LogP contribution in [0.3, 0.4) is 0 Å². The Bertz CT molecular complexity index is 516. The zero-order chi connectivity index (χ0) is 13.1. The number of aryl methyl sites for hydroxylation is 2. The van der Waals surface area contributed by atoms with Gasteiger partial charge in [0.15, 0.2) is 11.5 Å². The maximum Gasteiger partial charge on any atom is 0.157 e. The van der Waals surface area contributed by atoms with Crippen molar-refractivity contribution in [3.8, 4) is 11.5 Å². The van der Waals surface area contributed by atoms with Crippen molar-refractivity contribution in [3.63, 3.8) is 0 Å². The van der Waals surface area contributed by atoms with Crippen molar-refractivity contribution < 1.29 is 10.2 Å². The fourth-order valence-electron chi connectivity index (χ4n) is 1.71. The van der Waals surface area contributed by atoms with Crippen molar-refractivity contribution in [2.45, 2.75) is 12.8 Å². The lowest BCUT2D eigenvalue weighted by molar-refractivity contribution is 0.403. The molecule has 0 aromatic heterocycles. The van der Waals surface area contributed by atoms with Gasteiger partial charge in [-0.05, 0) is 48.2 Å². The van der Waals surface area contributed by atoms with E-state index in [1.807, 2.05) is 12.1 Å². The summed E-state index contributed by atoms with van der Waals surface area (Å²) in [6, 6.07) is 10.4. The first-order chi connectivity index (χ1) is 8.56. The van der Waals surface area contributed by atoms with E-state index in [2.05, 4.69) is 0 Å². The molecule has 0 unspecified atom stereocenters. The summed E-state index contributed by atoms with van der Waals surface area (Å²) < 4.78 is 0. The molecular formula is C14H12Cl2O2. The van der Waals surface area contributed by atoms with Gasteiger partial charge in [0.05, 0.1) is 10.0 Å². The van der Waals surface area contributed by atoms with Crippen LogP contribution >= 0.6 is 23.2 Å². The average Bonchev–Trinajstić information content (AvgIpc) is 2.35. The third-order valence-electron chi connectivity index (χ3n) is 2.73. The highest BCUT2D eigenvalue weighted by molar-refractivity contribution is 6.42. The molecule has 4 heteroatoms. The van der Waals surface area contributed by atoms with Crippen LogP contribution in [0, 0.1) is 0 Å². The second-order valence-corrected chi connectivity index (χ2v) is 4.89. The summed E-state index contributed by atoms with van der Waals surface area (Å²) in [4.78, 5) is 0. The van der Waals surface area contributed by atoms with E-state index >= 15 is 0 Å². The van der Waals surface area contributed by atoms with Gasteiger partial charge < -0.3 is 10.2 Å². The molecule has 0 radical (unpaired) electrons. The maximum atomic E-state index is 9.39. The normalized spacial score (nSPS) is 10.6. The first kappa shape index (κ1) is 13.1. The fourth-order valence-corrected chi connectivity index (χ4v) is 2.03. The zero-order valence-corrected chi connectivity index (χ0v) is 11.0. The van der Waals surface area contributed by atoms with Gasteiger partial charge in [-0.1, -0.05) is 35.3 Å². The molecule has 2 aromatic carbocycles. The van der Waals surface area contributed by atoms with Gasteiger partial charge in [-0.15, -0.1) is 0 Å². The Morgan fingerprint density at radius 3 is 1.94 bits per heavy atom. The second-order valence-electron chi connectivity index (χ2n) is 4.07. The van der Waals surface area contributed by atoms with Gasteiger partial charge in [0.25, 0.3) is 0 Å². The van der Waals surface area contributed by atoms with Crippen LogP contribution in [0.4, 0.5) is 0 Å². The average molecular weight is 283 g/mol. The van der Waals surface area contributed by atoms with Crippen LogP contribution in [0.15, 0.2) is 36.4 Å². The third kappa shape index (κ3) is 3.09. The topological polar surface area (TPSA) is 40.5 Å². The number of benzene rings is 2. The van der Waals surface area contributed by atoms with Crippen molar-refractivity contribution in [1.29, 1.82) is 0 Å². The minimum Gasteiger partial charge on any atom is -0.504 e. The molecule has 0 spiro atoms. The lowest BCUT2D eigenvalue weighted by atomic mass is 10.0. The summed E-state index contributed by atoms with van der Waals surface area (Å²) in [5, 5.41) is 19.7. The highest BCUT2D eigenvalue weighted by Crippen LogP contribution is 2.26. The molecule has 2 N–H and O–H groups in total. The van der Waals surface area contributed by atoms with Crippen LogP contribution in [-0.2, 0) is 12.8 Å². The summed E-state index contributed by atoms with van der Waals surface area (Å²) in [6.07, 6.45) is 1.55. The Balaban J connectivity index is 2.06. The first-order valence-corrected chi connectivity index (χ1v) is 6.26. The number of rotatable bonds is 3. The molecule has 0 heterocycles. The molecule has 2 aromatic rings. The van der Waals surface area contributed by atoms with Crippen molar-refractivity contribution in [2.24, 2.45) is 0 Å². The van der Waals surface area contributed by atoms with Crippen LogP contribution in [0.1, 0.15) is 11.1 Å². The number of hydrogen-bond donors (Lipinski definition) is 2.